The first-order valence-electron chi connectivity index (χ1n) is 7.90. The summed E-state index contributed by atoms with van der Waals surface area (Å²) in [5, 5.41) is 4.94. The highest BCUT2D eigenvalue weighted by molar-refractivity contribution is 8.15. The van der Waals surface area contributed by atoms with Gasteiger partial charge in [0.05, 0.1) is 12.1 Å². The standard InChI is InChI=1S/C18H15ClFN3O3S/c1-26-14-5-3-2-4-13(14)22-18-23-17(25)15(27-18)9-16(24)21-10-6-7-12(20)11(19)8-10/h2-8,15H,9H2,1H3,(H,21,24)(H,22,23,25)/t15-/m0/s1. The van der Waals surface area contributed by atoms with E-state index in [9.17, 15) is 14.0 Å². The number of carbonyl (C=O) groups is 2. The minimum atomic E-state index is -0.616. The molecule has 1 aliphatic heterocycles. The number of thioether (sulfide) groups is 1. The number of ether oxygens (including phenoxy) is 1. The third kappa shape index (κ3) is 4.78. The lowest BCUT2D eigenvalue weighted by Gasteiger charge is -2.08. The molecule has 9 heteroatoms. The molecule has 2 N–H and O–H groups in total. The summed E-state index contributed by atoms with van der Waals surface area (Å²) in [7, 11) is 1.54. The molecule has 0 bridgehead atoms. The molecule has 1 atom stereocenters. The van der Waals surface area contributed by atoms with Crippen molar-refractivity contribution in [3.05, 3.63) is 53.3 Å². The highest BCUT2D eigenvalue weighted by Crippen LogP contribution is 2.30. The van der Waals surface area contributed by atoms with Crippen LogP contribution in [0.25, 0.3) is 0 Å². The Hall–Kier alpha value is -2.58. The number of nitrogens with zero attached hydrogens (tertiary/aromatic N) is 1. The van der Waals surface area contributed by atoms with Crippen molar-refractivity contribution < 1.29 is 18.7 Å². The molecule has 6 nitrogen and oxygen atoms in total. The molecule has 0 aliphatic carbocycles. The van der Waals surface area contributed by atoms with Crippen molar-refractivity contribution in [2.24, 2.45) is 4.99 Å². The van der Waals surface area contributed by atoms with Gasteiger partial charge in [0.25, 0.3) is 0 Å². The molecule has 1 heterocycles. The second-order valence-corrected chi connectivity index (χ2v) is 7.16. The van der Waals surface area contributed by atoms with Gasteiger partial charge >= 0.3 is 0 Å². The van der Waals surface area contributed by atoms with E-state index >= 15 is 0 Å². The first kappa shape index (κ1) is 19.2. The van der Waals surface area contributed by atoms with Gasteiger partial charge in [-0.3, -0.25) is 9.59 Å². The van der Waals surface area contributed by atoms with Crippen LogP contribution in [0.5, 0.6) is 5.75 Å². The van der Waals surface area contributed by atoms with Gasteiger partial charge in [0.1, 0.15) is 22.5 Å². The highest BCUT2D eigenvalue weighted by Gasteiger charge is 2.32. The summed E-state index contributed by atoms with van der Waals surface area (Å²) >= 11 is 6.86. The predicted molar refractivity (Wildman–Crippen MR) is 104 cm³/mol. The average Bonchev–Trinajstić information content (AvgIpc) is 2.97. The van der Waals surface area contributed by atoms with Crippen LogP contribution < -0.4 is 15.4 Å². The number of hydrogen-bond acceptors (Lipinski definition) is 5. The molecule has 0 aromatic heterocycles. The number of nitrogens with one attached hydrogen (secondary N) is 2. The summed E-state index contributed by atoms with van der Waals surface area (Å²) in [6, 6.07) is 11.0. The normalized spacial score (nSPS) is 17.7. The zero-order chi connectivity index (χ0) is 19.4. The number of amidine groups is 1. The van der Waals surface area contributed by atoms with E-state index in [1.807, 2.05) is 12.1 Å². The van der Waals surface area contributed by atoms with Crippen molar-refractivity contribution in [2.45, 2.75) is 11.7 Å². The number of carbonyl (C=O) groups excluding carboxylic acids is 2. The first-order valence-corrected chi connectivity index (χ1v) is 9.16. The molecule has 1 aliphatic rings. The second-order valence-electron chi connectivity index (χ2n) is 5.57. The van der Waals surface area contributed by atoms with Gasteiger partial charge in [0.2, 0.25) is 11.8 Å². The summed E-state index contributed by atoms with van der Waals surface area (Å²) in [4.78, 5) is 28.7. The van der Waals surface area contributed by atoms with Crippen molar-refractivity contribution >= 4 is 51.7 Å². The lowest BCUT2D eigenvalue weighted by atomic mass is 10.2. The van der Waals surface area contributed by atoms with Crippen LogP contribution in [0, 0.1) is 5.82 Å². The minimum Gasteiger partial charge on any atom is -0.494 e. The van der Waals surface area contributed by atoms with Crippen molar-refractivity contribution in [2.75, 3.05) is 12.4 Å². The molecule has 1 fully saturated rings. The number of para-hydroxylation sites is 2. The first-order chi connectivity index (χ1) is 13.0. The second kappa shape index (κ2) is 8.41. The zero-order valence-corrected chi connectivity index (χ0v) is 15.7. The molecule has 27 heavy (non-hydrogen) atoms. The molecule has 2 amide bonds. The minimum absolute atomic E-state index is 0.0591. The number of hydrogen-bond donors (Lipinski definition) is 2. The van der Waals surface area contributed by atoms with E-state index < -0.39 is 11.1 Å². The lowest BCUT2D eigenvalue weighted by molar-refractivity contribution is -0.122. The van der Waals surface area contributed by atoms with Gasteiger partial charge in [-0.15, -0.1) is 0 Å². The van der Waals surface area contributed by atoms with Crippen molar-refractivity contribution in [1.29, 1.82) is 0 Å². The van der Waals surface area contributed by atoms with Crippen LogP contribution in [0.1, 0.15) is 6.42 Å². The summed E-state index contributed by atoms with van der Waals surface area (Å²) in [5.74, 6) is -0.684. The van der Waals surface area contributed by atoms with Gasteiger partial charge in [-0.25, -0.2) is 9.38 Å². The average molecular weight is 408 g/mol. The van der Waals surface area contributed by atoms with Gasteiger partial charge in [-0.2, -0.15) is 0 Å². The maximum absolute atomic E-state index is 13.2. The number of aliphatic imine (C=N–C) groups is 1. The topological polar surface area (TPSA) is 79.8 Å². The molecular weight excluding hydrogens is 393 g/mol. The van der Waals surface area contributed by atoms with E-state index in [4.69, 9.17) is 16.3 Å². The van der Waals surface area contributed by atoms with E-state index in [-0.39, 0.29) is 23.3 Å². The Labute approximate surface area is 164 Å². The van der Waals surface area contributed by atoms with Gasteiger partial charge in [-0.1, -0.05) is 35.5 Å². The van der Waals surface area contributed by atoms with Crippen LogP contribution in [-0.4, -0.2) is 29.3 Å². The third-order valence-corrected chi connectivity index (χ3v) is 5.03. The molecule has 0 radical (unpaired) electrons. The van der Waals surface area contributed by atoms with Crippen molar-refractivity contribution in [3.63, 3.8) is 0 Å². The van der Waals surface area contributed by atoms with E-state index in [0.717, 1.165) is 17.8 Å². The van der Waals surface area contributed by atoms with Gasteiger partial charge in [0, 0.05) is 12.1 Å². The largest absolute Gasteiger partial charge is 0.494 e. The zero-order valence-electron chi connectivity index (χ0n) is 14.2. The van der Waals surface area contributed by atoms with Crippen LogP contribution in [-0.2, 0) is 9.59 Å². The number of methoxy groups -OCH3 is 1. The Balaban J connectivity index is 1.64. The van der Waals surface area contributed by atoms with Crippen molar-refractivity contribution in [3.8, 4) is 5.75 Å². The van der Waals surface area contributed by atoms with Crippen LogP contribution in [0.2, 0.25) is 5.02 Å². The smallest absolute Gasteiger partial charge is 0.240 e. The Morgan fingerprint density at radius 3 is 2.89 bits per heavy atom. The molecule has 2 aromatic carbocycles. The number of rotatable bonds is 5. The Bertz CT molecular complexity index is 922. The maximum atomic E-state index is 13.2. The number of amides is 2. The molecule has 0 unspecified atom stereocenters. The van der Waals surface area contributed by atoms with Crippen LogP contribution in [0.4, 0.5) is 15.8 Å². The van der Waals surface area contributed by atoms with Gasteiger partial charge in [0.15, 0.2) is 5.17 Å². The SMILES string of the molecule is COc1ccccc1N=C1NC(=O)[C@H](CC(=O)Nc2ccc(F)c(Cl)c2)S1. The van der Waals surface area contributed by atoms with Gasteiger partial charge < -0.3 is 15.4 Å². The molecule has 1 saturated heterocycles. The van der Waals surface area contributed by atoms with Crippen molar-refractivity contribution in [1.82, 2.24) is 5.32 Å². The monoisotopic (exact) mass is 407 g/mol. The Morgan fingerprint density at radius 2 is 2.15 bits per heavy atom. The fourth-order valence-corrected chi connectivity index (χ4v) is 3.54. The van der Waals surface area contributed by atoms with Crippen LogP contribution in [0.15, 0.2) is 47.5 Å². The molecule has 0 spiro atoms. The highest BCUT2D eigenvalue weighted by atomic mass is 35.5. The number of anilines is 1. The van der Waals surface area contributed by atoms with Gasteiger partial charge in [-0.05, 0) is 30.3 Å². The quantitative estimate of drug-likeness (QED) is 0.791. The molecule has 0 saturated carbocycles. The molecule has 140 valence electrons. The summed E-state index contributed by atoms with van der Waals surface area (Å²) in [6.45, 7) is 0. The van der Waals surface area contributed by atoms with Crippen LogP contribution >= 0.6 is 23.4 Å². The summed E-state index contributed by atoms with van der Waals surface area (Å²) in [6.07, 6.45) is -0.0591. The lowest BCUT2D eigenvalue weighted by Crippen LogP contribution is -2.28. The molecular formula is C18H15ClFN3O3S. The number of benzene rings is 2. The van der Waals surface area contributed by atoms with E-state index in [1.165, 1.54) is 19.2 Å². The van der Waals surface area contributed by atoms with E-state index in [1.54, 1.807) is 12.1 Å². The maximum Gasteiger partial charge on any atom is 0.240 e. The van der Waals surface area contributed by atoms with E-state index in [2.05, 4.69) is 15.6 Å². The fourth-order valence-electron chi connectivity index (χ4n) is 2.38. The third-order valence-electron chi connectivity index (χ3n) is 3.66. The van der Waals surface area contributed by atoms with E-state index in [0.29, 0.717) is 22.3 Å². The predicted octanol–water partition coefficient (Wildman–Crippen LogP) is 3.74. The Kier molecular flexibility index (Phi) is 5.98. The summed E-state index contributed by atoms with van der Waals surface area (Å²) in [5.41, 5.74) is 0.937. The Morgan fingerprint density at radius 1 is 1.37 bits per heavy atom. The molecule has 2 aromatic rings. The van der Waals surface area contributed by atoms with Crippen LogP contribution in [0.3, 0.4) is 0 Å². The molecule has 3 rings (SSSR count). The fraction of sp³-hybridized carbons (Fsp3) is 0.167. The summed E-state index contributed by atoms with van der Waals surface area (Å²) < 4.78 is 18.4. The number of halogens is 2.